The Labute approximate surface area is 124 Å². The average Bonchev–Trinajstić information content (AvgIpc) is 2.76. The molecule has 0 bridgehead atoms. The minimum absolute atomic E-state index is 0.761. The third kappa shape index (κ3) is 2.62. The van der Waals surface area contributed by atoms with Gasteiger partial charge in [-0.05, 0) is 44.8 Å². The Balaban J connectivity index is 2.25. The fourth-order valence-electron chi connectivity index (χ4n) is 2.57. The van der Waals surface area contributed by atoms with Crippen molar-refractivity contribution in [2.24, 2.45) is 0 Å². The van der Waals surface area contributed by atoms with E-state index in [4.69, 9.17) is 10.7 Å². The zero-order valence-corrected chi connectivity index (χ0v) is 12.7. The van der Waals surface area contributed by atoms with Gasteiger partial charge in [-0.15, -0.1) is 0 Å². The van der Waals surface area contributed by atoms with Crippen LogP contribution in [0.15, 0.2) is 42.6 Å². The van der Waals surface area contributed by atoms with Gasteiger partial charge in [0.2, 0.25) is 0 Å². The Morgan fingerprint density at radius 1 is 1.19 bits per heavy atom. The first kappa shape index (κ1) is 13.6. The summed E-state index contributed by atoms with van der Waals surface area (Å²) in [6.45, 7) is 2.92. The maximum Gasteiger partial charge on any atom is 0.137 e. The van der Waals surface area contributed by atoms with Gasteiger partial charge in [-0.3, -0.25) is 0 Å². The molecule has 0 saturated heterocycles. The van der Waals surface area contributed by atoms with Crippen LogP contribution in [0.1, 0.15) is 11.3 Å². The highest BCUT2D eigenvalue weighted by Crippen LogP contribution is 2.27. The Hall–Kier alpha value is -2.33. The normalized spacial score (nSPS) is 11.4. The topological polar surface area (TPSA) is 46.6 Å². The van der Waals surface area contributed by atoms with Gasteiger partial charge in [0, 0.05) is 24.0 Å². The van der Waals surface area contributed by atoms with E-state index in [9.17, 15) is 0 Å². The number of aromatic nitrogens is 2. The molecule has 0 aliphatic rings. The third-order valence-electron chi connectivity index (χ3n) is 3.49. The summed E-state index contributed by atoms with van der Waals surface area (Å²) in [4.78, 5) is 6.95. The predicted octanol–water partition coefficient (Wildman–Crippen LogP) is 2.95. The monoisotopic (exact) mass is 280 g/mol. The van der Waals surface area contributed by atoms with Crippen molar-refractivity contribution < 1.29 is 0 Å². The zero-order valence-electron chi connectivity index (χ0n) is 12.7. The number of hydrogen-bond acceptors (Lipinski definition) is 3. The van der Waals surface area contributed by atoms with Crippen LogP contribution in [-0.4, -0.2) is 28.4 Å². The van der Waals surface area contributed by atoms with E-state index in [-0.39, 0.29) is 0 Å². The summed E-state index contributed by atoms with van der Waals surface area (Å²) in [5, 5.41) is 0. The number of imidazole rings is 1. The average molecular weight is 280 g/mol. The van der Waals surface area contributed by atoms with Crippen molar-refractivity contribution >= 4 is 11.3 Å². The number of nitrogens with two attached hydrogens (primary N) is 1. The van der Waals surface area contributed by atoms with Crippen LogP contribution in [0.5, 0.6) is 0 Å². The second-order valence-electron chi connectivity index (χ2n) is 5.71. The summed E-state index contributed by atoms with van der Waals surface area (Å²) in [5.41, 5.74) is 12.1. The fraction of sp³-hybridized carbons (Fsp3) is 0.235. The van der Waals surface area contributed by atoms with E-state index in [1.165, 1.54) is 11.3 Å². The second kappa shape index (κ2) is 5.22. The molecule has 0 atom stereocenters. The van der Waals surface area contributed by atoms with E-state index >= 15 is 0 Å². The quantitative estimate of drug-likeness (QED) is 0.750. The lowest BCUT2D eigenvalue weighted by atomic mass is 10.1. The number of anilines is 1. The van der Waals surface area contributed by atoms with Crippen LogP contribution in [0, 0.1) is 6.92 Å². The van der Waals surface area contributed by atoms with Crippen LogP contribution in [0.4, 0.5) is 5.69 Å². The number of nitrogens with zero attached hydrogens (tertiary/aromatic N) is 3. The lowest BCUT2D eigenvalue weighted by Gasteiger charge is -2.12. The number of nitrogen functional groups attached to an aromatic ring is 1. The van der Waals surface area contributed by atoms with Gasteiger partial charge in [-0.25, -0.2) is 4.98 Å². The first-order chi connectivity index (χ1) is 10.0. The van der Waals surface area contributed by atoms with E-state index in [1.807, 2.05) is 18.2 Å². The summed E-state index contributed by atoms with van der Waals surface area (Å²) in [6, 6.07) is 12.1. The molecule has 0 spiro atoms. The molecule has 4 heteroatoms. The second-order valence-corrected chi connectivity index (χ2v) is 5.71. The number of fused-ring (bicyclic) bond motifs is 1. The van der Waals surface area contributed by atoms with E-state index < -0.39 is 0 Å². The highest BCUT2D eigenvalue weighted by Gasteiger charge is 2.14. The molecule has 0 amide bonds. The van der Waals surface area contributed by atoms with Gasteiger partial charge >= 0.3 is 0 Å². The Morgan fingerprint density at radius 2 is 2.00 bits per heavy atom. The number of benzene rings is 1. The minimum atomic E-state index is 0.761. The van der Waals surface area contributed by atoms with Crippen LogP contribution >= 0.6 is 0 Å². The maximum atomic E-state index is 5.92. The molecule has 2 heterocycles. The smallest absolute Gasteiger partial charge is 0.137 e. The molecule has 108 valence electrons. The lowest BCUT2D eigenvalue weighted by Crippen LogP contribution is -2.13. The summed E-state index contributed by atoms with van der Waals surface area (Å²) in [5.74, 6) is 0. The molecular weight excluding hydrogens is 260 g/mol. The maximum absolute atomic E-state index is 5.92. The number of aryl methyl sites for hydroxylation is 1. The van der Waals surface area contributed by atoms with Gasteiger partial charge in [-0.2, -0.15) is 0 Å². The molecule has 3 aromatic rings. The first-order valence-electron chi connectivity index (χ1n) is 7.03. The van der Waals surface area contributed by atoms with Crippen molar-refractivity contribution in [2.45, 2.75) is 13.5 Å². The van der Waals surface area contributed by atoms with Crippen LogP contribution in [0.3, 0.4) is 0 Å². The molecular formula is C17H20N4. The van der Waals surface area contributed by atoms with Gasteiger partial charge < -0.3 is 15.0 Å². The Kier molecular flexibility index (Phi) is 3.39. The van der Waals surface area contributed by atoms with E-state index in [2.05, 4.69) is 54.7 Å². The summed E-state index contributed by atoms with van der Waals surface area (Å²) in [7, 11) is 4.14. The molecule has 0 radical (unpaired) electrons. The molecule has 0 saturated carbocycles. The van der Waals surface area contributed by atoms with Crippen molar-refractivity contribution in [3.8, 4) is 11.3 Å². The summed E-state index contributed by atoms with van der Waals surface area (Å²) < 4.78 is 2.17. The van der Waals surface area contributed by atoms with E-state index in [1.54, 1.807) is 0 Å². The van der Waals surface area contributed by atoms with Crippen LogP contribution in [0.2, 0.25) is 0 Å². The van der Waals surface area contributed by atoms with Crippen molar-refractivity contribution in [1.29, 1.82) is 0 Å². The zero-order chi connectivity index (χ0) is 15.0. The van der Waals surface area contributed by atoms with Gasteiger partial charge in [0.1, 0.15) is 5.65 Å². The summed E-state index contributed by atoms with van der Waals surface area (Å²) in [6.07, 6.45) is 2.14. The molecule has 0 fully saturated rings. The van der Waals surface area contributed by atoms with Crippen LogP contribution < -0.4 is 5.73 Å². The fourth-order valence-corrected chi connectivity index (χ4v) is 2.57. The largest absolute Gasteiger partial charge is 0.399 e. The number of rotatable bonds is 3. The molecule has 0 unspecified atom stereocenters. The molecule has 0 aliphatic carbocycles. The van der Waals surface area contributed by atoms with Crippen LogP contribution in [0.25, 0.3) is 16.9 Å². The third-order valence-corrected chi connectivity index (χ3v) is 3.49. The van der Waals surface area contributed by atoms with Crippen molar-refractivity contribution in [3.05, 3.63) is 53.9 Å². The Bertz CT molecular complexity index is 787. The Morgan fingerprint density at radius 3 is 2.71 bits per heavy atom. The van der Waals surface area contributed by atoms with E-state index in [0.29, 0.717) is 0 Å². The first-order valence-corrected chi connectivity index (χ1v) is 7.03. The molecule has 0 aliphatic heterocycles. The SMILES string of the molecule is Cc1ccc2nc(-c3cccc(N)c3)c(CN(C)C)n2c1. The van der Waals surface area contributed by atoms with E-state index in [0.717, 1.165) is 29.1 Å². The summed E-state index contributed by atoms with van der Waals surface area (Å²) >= 11 is 0. The van der Waals surface area contributed by atoms with Gasteiger partial charge in [0.25, 0.3) is 0 Å². The minimum Gasteiger partial charge on any atom is -0.399 e. The number of hydrogen-bond donors (Lipinski definition) is 1. The highest BCUT2D eigenvalue weighted by molar-refractivity contribution is 5.69. The number of pyridine rings is 1. The van der Waals surface area contributed by atoms with Crippen molar-refractivity contribution in [1.82, 2.24) is 14.3 Å². The predicted molar refractivity (Wildman–Crippen MR) is 87.2 cm³/mol. The molecule has 2 N–H and O–H groups in total. The van der Waals surface area contributed by atoms with Crippen LogP contribution in [-0.2, 0) is 6.54 Å². The van der Waals surface area contributed by atoms with Crippen molar-refractivity contribution in [2.75, 3.05) is 19.8 Å². The molecule has 2 aromatic heterocycles. The van der Waals surface area contributed by atoms with Gasteiger partial charge in [0.15, 0.2) is 0 Å². The molecule has 1 aromatic carbocycles. The van der Waals surface area contributed by atoms with Crippen molar-refractivity contribution in [3.63, 3.8) is 0 Å². The lowest BCUT2D eigenvalue weighted by molar-refractivity contribution is 0.396. The molecule has 4 nitrogen and oxygen atoms in total. The highest BCUT2D eigenvalue weighted by atomic mass is 15.1. The standard InChI is InChI=1S/C17H20N4/c1-12-7-8-16-19-17(13-5-4-6-14(18)9-13)15(11-20(2)3)21(16)10-12/h4-10H,11,18H2,1-3H3. The molecule has 21 heavy (non-hydrogen) atoms. The van der Waals surface area contributed by atoms with Gasteiger partial charge in [-0.1, -0.05) is 18.2 Å². The molecule has 3 rings (SSSR count). The van der Waals surface area contributed by atoms with Gasteiger partial charge in [0.05, 0.1) is 11.4 Å².